The summed E-state index contributed by atoms with van der Waals surface area (Å²) in [5.41, 5.74) is 3.27. The zero-order chi connectivity index (χ0) is 18.0. The molecule has 0 aliphatic heterocycles. The molecular weight excluding hydrogens is 316 g/mol. The quantitative estimate of drug-likeness (QED) is 0.685. The van der Waals surface area contributed by atoms with Gasteiger partial charge in [-0.05, 0) is 36.8 Å². The number of carbonyl (C=O) groups excluding carboxylic acids is 1. The minimum atomic E-state index is -0.948. The fourth-order valence-corrected chi connectivity index (χ4v) is 2.82. The molecule has 0 spiro atoms. The third-order valence-corrected chi connectivity index (χ3v) is 3.89. The number of carboxylic acids is 1. The number of nitrogens with one attached hydrogen (secondary N) is 1. The van der Waals surface area contributed by atoms with Crippen LogP contribution < -0.4 is 5.32 Å². The summed E-state index contributed by atoms with van der Waals surface area (Å²) in [6, 6.07) is 15.1. The predicted molar refractivity (Wildman–Crippen MR) is 98.4 cm³/mol. The number of carboxylic acid groups (broad SMARTS) is 1. The van der Waals surface area contributed by atoms with E-state index in [-0.39, 0.29) is 12.3 Å². The average molecular weight is 334 g/mol. The summed E-state index contributed by atoms with van der Waals surface area (Å²) >= 11 is 0. The molecule has 0 aliphatic carbocycles. The van der Waals surface area contributed by atoms with Crippen molar-refractivity contribution in [2.24, 2.45) is 0 Å². The number of anilines is 2. The van der Waals surface area contributed by atoms with Gasteiger partial charge in [0.2, 0.25) is 0 Å². The maximum atomic E-state index is 12.4. The number of hydrogen-bond donors (Lipinski definition) is 2. The smallest absolute Gasteiger partial charge is 0.307 e. The number of benzene rings is 2. The molecule has 0 bridgehead atoms. The van der Waals surface area contributed by atoms with E-state index in [1.807, 2.05) is 42.5 Å². The average Bonchev–Trinajstić information content (AvgIpc) is 2.94. The second-order valence-electron chi connectivity index (χ2n) is 5.87. The molecule has 126 valence electrons. The number of para-hydroxylation sites is 1. The van der Waals surface area contributed by atoms with Crippen molar-refractivity contribution >= 4 is 34.2 Å². The number of aromatic nitrogens is 1. The number of rotatable bonds is 5. The minimum Gasteiger partial charge on any atom is -0.481 e. The highest BCUT2D eigenvalue weighted by Crippen LogP contribution is 2.32. The van der Waals surface area contributed by atoms with E-state index < -0.39 is 5.97 Å². The van der Waals surface area contributed by atoms with Gasteiger partial charge in [-0.25, -0.2) is 0 Å². The lowest BCUT2D eigenvalue weighted by Gasteiger charge is -2.10. The standard InChI is InChI=1S/C20H18N2O3/c1-13(2)20(25)22-12-14(11-18(23)24)19-16(9-6-10-17(19)22)21-15-7-4-3-5-8-15/h3-10,12,21H,1,11H2,2H3,(H,23,24). The van der Waals surface area contributed by atoms with Crippen LogP contribution in [0.15, 0.2) is 66.9 Å². The molecule has 2 aromatic carbocycles. The van der Waals surface area contributed by atoms with Crippen LogP contribution in [0.25, 0.3) is 10.9 Å². The monoisotopic (exact) mass is 334 g/mol. The fraction of sp³-hybridized carbons (Fsp3) is 0.100. The van der Waals surface area contributed by atoms with Gasteiger partial charge in [0.15, 0.2) is 0 Å². The van der Waals surface area contributed by atoms with E-state index in [2.05, 4.69) is 11.9 Å². The maximum absolute atomic E-state index is 12.4. The summed E-state index contributed by atoms with van der Waals surface area (Å²) in [4.78, 5) is 23.7. The highest BCUT2D eigenvalue weighted by Gasteiger charge is 2.18. The van der Waals surface area contributed by atoms with Crippen LogP contribution in [0, 0.1) is 0 Å². The lowest BCUT2D eigenvalue weighted by Crippen LogP contribution is -2.09. The molecule has 3 rings (SSSR count). The van der Waals surface area contributed by atoms with Crippen LogP contribution in [0.1, 0.15) is 17.3 Å². The predicted octanol–water partition coefficient (Wildman–Crippen LogP) is 4.23. The number of allylic oxidation sites excluding steroid dienone is 1. The molecule has 3 aromatic rings. The van der Waals surface area contributed by atoms with E-state index in [1.54, 1.807) is 19.2 Å². The Bertz CT molecular complexity index is 971. The summed E-state index contributed by atoms with van der Waals surface area (Å²) in [5.74, 6) is -1.20. The van der Waals surface area contributed by atoms with E-state index in [0.29, 0.717) is 16.7 Å². The first kappa shape index (κ1) is 16.5. The van der Waals surface area contributed by atoms with Gasteiger partial charge in [-0.15, -0.1) is 0 Å². The Morgan fingerprint density at radius 3 is 2.48 bits per heavy atom. The molecule has 0 unspecified atom stereocenters. The lowest BCUT2D eigenvalue weighted by atomic mass is 10.1. The van der Waals surface area contributed by atoms with E-state index in [0.717, 1.165) is 16.8 Å². The second kappa shape index (κ2) is 6.65. The van der Waals surface area contributed by atoms with Gasteiger partial charge in [0, 0.05) is 28.5 Å². The van der Waals surface area contributed by atoms with Crippen molar-refractivity contribution in [1.29, 1.82) is 0 Å². The second-order valence-corrected chi connectivity index (χ2v) is 5.87. The Morgan fingerprint density at radius 1 is 1.12 bits per heavy atom. The fourth-order valence-electron chi connectivity index (χ4n) is 2.82. The highest BCUT2D eigenvalue weighted by molar-refractivity contribution is 6.06. The Morgan fingerprint density at radius 2 is 1.84 bits per heavy atom. The Hall–Kier alpha value is -3.34. The SMILES string of the molecule is C=C(C)C(=O)n1cc(CC(=O)O)c2c(Nc3ccccc3)cccc21. The van der Waals surface area contributed by atoms with Gasteiger partial charge in [0.05, 0.1) is 11.9 Å². The number of hydrogen-bond acceptors (Lipinski definition) is 3. The molecule has 25 heavy (non-hydrogen) atoms. The molecule has 5 nitrogen and oxygen atoms in total. The normalized spacial score (nSPS) is 10.6. The molecule has 0 fully saturated rings. The van der Waals surface area contributed by atoms with Crippen LogP contribution in [0.2, 0.25) is 0 Å². The number of aliphatic carboxylic acids is 1. The highest BCUT2D eigenvalue weighted by atomic mass is 16.4. The first-order valence-corrected chi connectivity index (χ1v) is 7.84. The van der Waals surface area contributed by atoms with Gasteiger partial charge in [-0.1, -0.05) is 30.8 Å². The molecule has 1 aromatic heterocycles. The molecule has 0 radical (unpaired) electrons. The summed E-state index contributed by atoms with van der Waals surface area (Å²) in [6.45, 7) is 5.33. The summed E-state index contributed by atoms with van der Waals surface area (Å²) < 4.78 is 1.46. The zero-order valence-electron chi connectivity index (χ0n) is 13.8. The third-order valence-electron chi connectivity index (χ3n) is 3.89. The molecule has 0 amide bonds. The van der Waals surface area contributed by atoms with Crippen molar-refractivity contribution < 1.29 is 14.7 Å². The molecule has 2 N–H and O–H groups in total. The summed E-state index contributed by atoms with van der Waals surface area (Å²) in [7, 11) is 0. The Labute approximate surface area is 145 Å². The van der Waals surface area contributed by atoms with Crippen LogP contribution in [0.4, 0.5) is 11.4 Å². The van der Waals surface area contributed by atoms with Gasteiger partial charge in [-0.2, -0.15) is 0 Å². The first-order chi connectivity index (χ1) is 12.0. The van der Waals surface area contributed by atoms with Gasteiger partial charge < -0.3 is 10.4 Å². The van der Waals surface area contributed by atoms with Crippen LogP contribution in [0.5, 0.6) is 0 Å². The van der Waals surface area contributed by atoms with Crippen LogP contribution in [0.3, 0.4) is 0 Å². The molecule has 0 aliphatic rings. The third kappa shape index (κ3) is 3.30. The number of fused-ring (bicyclic) bond motifs is 1. The topological polar surface area (TPSA) is 71.3 Å². The van der Waals surface area contributed by atoms with Crippen LogP contribution in [-0.2, 0) is 11.2 Å². The van der Waals surface area contributed by atoms with Gasteiger partial charge in [0.1, 0.15) is 0 Å². The zero-order valence-corrected chi connectivity index (χ0v) is 13.8. The van der Waals surface area contributed by atoms with Crippen molar-refractivity contribution in [2.45, 2.75) is 13.3 Å². The van der Waals surface area contributed by atoms with Crippen molar-refractivity contribution in [3.8, 4) is 0 Å². The van der Waals surface area contributed by atoms with Crippen molar-refractivity contribution in [2.75, 3.05) is 5.32 Å². The van der Waals surface area contributed by atoms with E-state index in [9.17, 15) is 14.7 Å². The van der Waals surface area contributed by atoms with Crippen LogP contribution >= 0.6 is 0 Å². The van der Waals surface area contributed by atoms with Gasteiger partial charge >= 0.3 is 5.97 Å². The van der Waals surface area contributed by atoms with Crippen LogP contribution in [-0.4, -0.2) is 21.6 Å². The summed E-state index contributed by atoms with van der Waals surface area (Å²) in [5, 5.41) is 13.3. The van der Waals surface area contributed by atoms with Crippen molar-refractivity contribution in [3.05, 3.63) is 72.4 Å². The molecule has 1 heterocycles. The largest absolute Gasteiger partial charge is 0.481 e. The van der Waals surface area contributed by atoms with Crippen molar-refractivity contribution in [3.63, 3.8) is 0 Å². The lowest BCUT2D eigenvalue weighted by molar-refractivity contribution is -0.136. The maximum Gasteiger partial charge on any atom is 0.307 e. The molecular formula is C20H18N2O3. The summed E-state index contributed by atoms with van der Waals surface area (Å²) in [6.07, 6.45) is 1.42. The van der Waals surface area contributed by atoms with E-state index >= 15 is 0 Å². The number of nitrogens with zero attached hydrogens (tertiary/aromatic N) is 1. The molecule has 0 saturated carbocycles. The molecule has 0 saturated heterocycles. The van der Waals surface area contributed by atoms with E-state index in [1.165, 1.54) is 4.57 Å². The number of carbonyl (C=O) groups is 2. The Balaban J connectivity index is 2.19. The van der Waals surface area contributed by atoms with Gasteiger partial charge in [-0.3, -0.25) is 14.2 Å². The molecule has 0 atom stereocenters. The first-order valence-electron chi connectivity index (χ1n) is 7.84. The van der Waals surface area contributed by atoms with E-state index in [4.69, 9.17) is 0 Å². The van der Waals surface area contributed by atoms with Gasteiger partial charge in [0.25, 0.3) is 5.91 Å². The molecule has 5 heteroatoms. The Kier molecular flexibility index (Phi) is 4.39. The van der Waals surface area contributed by atoms with Crippen molar-refractivity contribution in [1.82, 2.24) is 4.57 Å². The minimum absolute atomic E-state index is 0.166.